The first kappa shape index (κ1) is 14.1. The standard InChI is InChI=1S/C16H14F2N2S/c17-12-6-5-10(7-13(12)18)8-14(20-19)16-9-11-3-1-2-4-15(11)21-16/h1-7,9,14,20H,8,19H2. The molecule has 0 amide bonds. The Morgan fingerprint density at radius 3 is 2.57 bits per heavy atom. The highest BCUT2D eigenvalue weighted by atomic mass is 32.1. The number of hydrogen-bond donors (Lipinski definition) is 2. The normalized spacial score (nSPS) is 12.7. The minimum absolute atomic E-state index is 0.132. The molecule has 3 rings (SSSR count). The zero-order valence-corrected chi connectivity index (χ0v) is 12.0. The molecular formula is C16H14F2N2S. The number of nitrogens with two attached hydrogens (primary N) is 1. The lowest BCUT2D eigenvalue weighted by atomic mass is 10.0. The number of hydrazine groups is 1. The lowest BCUT2D eigenvalue weighted by molar-refractivity contribution is 0.503. The number of rotatable bonds is 4. The van der Waals surface area contributed by atoms with Crippen LogP contribution >= 0.6 is 11.3 Å². The molecule has 3 aromatic rings. The van der Waals surface area contributed by atoms with Gasteiger partial charge in [0.15, 0.2) is 11.6 Å². The third-order valence-corrected chi connectivity index (χ3v) is 4.64. The van der Waals surface area contributed by atoms with E-state index in [2.05, 4.69) is 17.6 Å². The Kier molecular flexibility index (Phi) is 3.96. The van der Waals surface area contributed by atoms with Crippen LogP contribution < -0.4 is 11.3 Å². The van der Waals surface area contributed by atoms with Gasteiger partial charge in [-0.25, -0.2) is 8.78 Å². The number of hydrogen-bond acceptors (Lipinski definition) is 3. The van der Waals surface area contributed by atoms with Gasteiger partial charge in [0.05, 0.1) is 6.04 Å². The minimum Gasteiger partial charge on any atom is -0.271 e. The lowest BCUT2D eigenvalue weighted by Gasteiger charge is -2.14. The molecule has 0 aliphatic heterocycles. The van der Waals surface area contributed by atoms with Crippen LogP contribution in [0.4, 0.5) is 8.78 Å². The summed E-state index contributed by atoms with van der Waals surface area (Å²) in [5.74, 6) is 3.96. The Bertz CT molecular complexity index is 737. The summed E-state index contributed by atoms with van der Waals surface area (Å²) < 4.78 is 27.4. The van der Waals surface area contributed by atoms with Crippen molar-refractivity contribution >= 4 is 21.4 Å². The second kappa shape index (κ2) is 5.89. The molecule has 0 spiro atoms. The number of fused-ring (bicyclic) bond motifs is 1. The average molecular weight is 304 g/mol. The Balaban J connectivity index is 1.88. The van der Waals surface area contributed by atoms with Crippen molar-refractivity contribution in [3.8, 4) is 0 Å². The van der Waals surface area contributed by atoms with E-state index >= 15 is 0 Å². The highest BCUT2D eigenvalue weighted by Gasteiger charge is 2.15. The SMILES string of the molecule is NNC(Cc1ccc(F)c(F)c1)c1cc2ccccc2s1. The van der Waals surface area contributed by atoms with Gasteiger partial charge in [-0.15, -0.1) is 11.3 Å². The average Bonchev–Trinajstić information content (AvgIpc) is 2.92. The van der Waals surface area contributed by atoms with E-state index in [1.165, 1.54) is 10.8 Å². The molecule has 108 valence electrons. The summed E-state index contributed by atoms with van der Waals surface area (Å²) in [4.78, 5) is 1.07. The Morgan fingerprint density at radius 1 is 1.05 bits per heavy atom. The first-order valence-electron chi connectivity index (χ1n) is 6.56. The number of halogens is 2. The monoisotopic (exact) mass is 304 g/mol. The van der Waals surface area contributed by atoms with E-state index in [-0.39, 0.29) is 6.04 Å². The number of benzene rings is 2. The summed E-state index contributed by atoms with van der Waals surface area (Å²) in [5, 5.41) is 1.16. The molecule has 21 heavy (non-hydrogen) atoms. The summed E-state index contributed by atoms with van der Waals surface area (Å²) in [6.07, 6.45) is 0.501. The molecule has 0 saturated heterocycles. The van der Waals surface area contributed by atoms with Crippen molar-refractivity contribution in [1.29, 1.82) is 0 Å². The minimum atomic E-state index is -0.835. The summed E-state index contributed by atoms with van der Waals surface area (Å²) in [6, 6.07) is 13.9. The Morgan fingerprint density at radius 2 is 1.86 bits per heavy atom. The van der Waals surface area contributed by atoms with Crippen molar-refractivity contribution in [2.24, 2.45) is 5.84 Å². The Labute approximate surface area is 125 Å². The zero-order valence-electron chi connectivity index (χ0n) is 11.1. The Hall–Kier alpha value is -1.82. The largest absolute Gasteiger partial charge is 0.271 e. The molecule has 0 fully saturated rings. The van der Waals surface area contributed by atoms with Crippen LogP contribution in [0.5, 0.6) is 0 Å². The van der Waals surface area contributed by atoms with Crippen LogP contribution in [-0.4, -0.2) is 0 Å². The van der Waals surface area contributed by atoms with Crippen molar-refractivity contribution in [2.75, 3.05) is 0 Å². The predicted octanol–water partition coefficient (Wildman–Crippen LogP) is 3.93. The van der Waals surface area contributed by atoms with E-state index < -0.39 is 11.6 Å². The van der Waals surface area contributed by atoms with Crippen molar-refractivity contribution in [3.05, 3.63) is 70.6 Å². The second-order valence-corrected chi connectivity index (χ2v) is 5.97. The van der Waals surface area contributed by atoms with Crippen molar-refractivity contribution in [1.82, 2.24) is 5.43 Å². The van der Waals surface area contributed by atoms with Crippen LogP contribution in [0, 0.1) is 11.6 Å². The molecule has 1 unspecified atom stereocenters. The van der Waals surface area contributed by atoms with Crippen LogP contribution in [0.15, 0.2) is 48.5 Å². The van der Waals surface area contributed by atoms with Gasteiger partial charge in [-0.1, -0.05) is 24.3 Å². The predicted molar refractivity (Wildman–Crippen MR) is 82.0 cm³/mol. The summed E-state index contributed by atoms with van der Waals surface area (Å²) >= 11 is 1.65. The maximum Gasteiger partial charge on any atom is 0.159 e. The molecule has 1 atom stereocenters. The topological polar surface area (TPSA) is 38.0 Å². The van der Waals surface area contributed by atoms with Crippen molar-refractivity contribution in [3.63, 3.8) is 0 Å². The van der Waals surface area contributed by atoms with Gasteiger partial charge in [0.2, 0.25) is 0 Å². The zero-order chi connectivity index (χ0) is 14.8. The smallest absolute Gasteiger partial charge is 0.159 e. The fourth-order valence-electron chi connectivity index (χ4n) is 2.32. The fraction of sp³-hybridized carbons (Fsp3) is 0.125. The van der Waals surface area contributed by atoms with E-state index in [4.69, 9.17) is 5.84 Å². The third-order valence-electron chi connectivity index (χ3n) is 3.41. The van der Waals surface area contributed by atoms with E-state index in [0.29, 0.717) is 12.0 Å². The highest BCUT2D eigenvalue weighted by molar-refractivity contribution is 7.19. The molecular weight excluding hydrogens is 290 g/mol. The lowest BCUT2D eigenvalue weighted by Crippen LogP contribution is -2.29. The third kappa shape index (κ3) is 2.95. The molecule has 0 saturated carbocycles. The molecule has 2 nitrogen and oxygen atoms in total. The van der Waals surface area contributed by atoms with Gasteiger partial charge in [-0.3, -0.25) is 11.3 Å². The molecule has 0 aliphatic carbocycles. The molecule has 0 bridgehead atoms. The summed E-state index contributed by atoms with van der Waals surface area (Å²) in [7, 11) is 0. The van der Waals surface area contributed by atoms with Gasteiger partial charge in [-0.05, 0) is 41.6 Å². The fourth-order valence-corrected chi connectivity index (χ4v) is 3.44. The summed E-state index contributed by atoms with van der Waals surface area (Å²) in [6.45, 7) is 0. The molecule has 5 heteroatoms. The molecule has 1 aromatic heterocycles. The van der Waals surface area contributed by atoms with Gasteiger partial charge in [0.1, 0.15) is 0 Å². The number of thiophene rings is 1. The second-order valence-electron chi connectivity index (χ2n) is 4.86. The summed E-state index contributed by atoms with van der Waals surface area (Å²) in [5.41, 5.74) is 3.46. The molecule has 2 aromatic carbocycles. The van der Waals surface area contributed by atoms with Gasteiger partial charge in [0.25, 0.3) is 0 Å². The van der Waals surface area contributed by atoms with E-state index in [0.717, 1.165) is 16.3 Å². The highest BCUT2D eigenvalue weighted by Crippen LogP contribution is 2.31. The molecule has 1 heterocycles. The first-order valence-corrected chi connectivity index (χ1v) is 7.37. The maximum atomic E-state index is 13.3. The van der Waals surface area contributed by atoms with Crippen molar-refractivity contribution < 1.29 is 8.78 Å². The van der Waals surface area contributed by atoms with Gasteiger partial charge in [0, 0.05) is 9.58 Å². The molecule has 3 N–H and O–H groups in total. The van der Waals surface area contributed by atoms with E-state index in [9.17, 15) is 8.78 Å². The van der Waals surface area contributed by atoms with Gasteiger partial charge in [-0.2, -0.15) is 0 Å². The van der Waals surface area contributed by atoms with Gasteiger partial charge >= 0.3 is 0 Å². The first-order chi connectivity index (χ1) is 10.2. The van der Waals surface area contributed by atoms with Crippen LogP contribution in [-0.2, 0) is 6.42 Å². The van der Waals surface area contributed by atoms with Crippen LogP contribution in [0.2, 0.25) is 0 Å². The van der Waals surface area contributed by atoms with E-state index in [1.807, 2.05) is 18.2 Å². The van der Waals surface area contributed by atoms with Crippen molar-refractivity contribution in [2.45, 2.75) is 12.5 Å². The maximum absolute atomic E-state index is 13.3. The van der Waals surface area contributed by atoms with Gasteiger partial charge < -0.3 is 0 Å². The molecule has 0 aliphatic rings. The molecule has 0 radical (unpaired) electrons. The number of nitrogens with one attached hydrogen (secondary N) is 1. The van der Waals surface area contributed by atoms with E-state index in [1.54, 1.807) is 17.4 Å². The van der Waals surface area contributed by atoms with Crippen LogP contribution in [0.3, 0.4) is 0 Å². The quantitative estimate of drug-likeness (QED) is 0.566. The van der Waals surface area contributed by atoms with Crippen LogP contribution in [0.1, 0.15) is 16.5 Å². The van der Waals surface area contributed by atoms with Crippen LogP contribution in [0.25, 0.3) is 10.1 Å².